The molecule has 290 valence electrons. The summed E-state index contributed by atoms with van der Waals surface area (Å²) in [5, 5.41) is 3.27. The van der Waals surface area contributed by atoms with E-state index in [9.17, 15) is 19.2 Å². The van der Waals surface area contributed by atoms with Crippen LogP contribution in [0.4, 0.5) is 0 Å². The number of hydrogen-bond donors (Lipinski definition) is 0. The molecule has 10 heteroatoms. The molecule has 0 aliphatic rings. The molecular formula is C50H32N2O8. The van der Waals surface area contributed by atoms with Crippen molar-refractivity contribution in [2.24, 2.45) is 0 Å². The van der Waals surface area contributed by atoms with Crippen LogP contribution in [0.1, 0.15) is 31.8 Å². The summed E-state index contributed by atoms with van der Waals surface area (Å²) >= 11 is 0. The van der Waals surface area contributed by atoms with Crippen molar-refractivity contribution in [3.8, 4) is 34.4 Å². The molecule has 0 bridgehead atoms. The third kappa shape index (κ3) is 9.04. The highest BCUT2D eigenvalue weighted by atomic mass is 16.6. The Morgan fingerprint density at radius 3 is 1.20 bits per heavy atom. The summed E-state index contributed by atoms with van der Waals surface area (Å²) in [7, 11) is 0. The maximum Gasteiger partial charge on any atom is 0.344 e. The predicted molar refractivity (Wildman–Crippen MR) is 228 cm³/mol. The average molecular weight is 789 g/mol. The van der Waals surface area contributed by atoms with Crippen LogP contribution in [0.3, 0.4) is 0 Å². The molecule has 10 nitrogen and oxygen atoms in total. The summed E-state index contributed by atoms with van der Waals surface area (Å²) in [6.07, 6.45) is 8.57. The molecule has 0 aliphatic carbocycles. The number of carbonyl (C=O) groups excluding carboxylic acids is 4. The first-order chi connectivity index (χ1) is 29.4. The maximum absolute atomic E-state index is 13.4. The average Bonchev–Trinajstić information content (AvgIpc) is 3.29. The van der Waals surface area contributed by atoms with Crippen LogP contribution in [-0.4, -0.2) is 33.8 Å². The minimum atomic E-state index is -0.665. The molecule has 0 aliphatic heterocycles. The lowest BCUT2D eigenvalue weighted by Crippen LogP contribution is -2.09. The summed E-state index contributed by atoms with van der Waals surface area (Å²) in [6, 6.07) is 46.0. The van der Waals surface area contributed by atoms with Crippen LogP contribution in [0.5, 0.6) is 23.3 Å². The molecule has 0 saturated carbocycles. The number of pyridine rings is 2. The van der Waals surface area contributed by atoms with Gasteiger partial charge in [0.25, 0.3) is 0 Å². The van der Waals surface area contributed by atoms with E-state index in [0.717, 1.165) is 21.5 Å². The topological polar surface area (TPSA) is 131 Å². The van der Waals surface area contributed by atoms with Crippen LogP contribution in [0.25, 0.3) is 44.8 Å². The Kier molecular flexibility index (Phi) is 11.4. The fourth-order valence-electron chi connectivity index (χ4n) is 6.36. The van der Waals surface area contributed by atoms with Crippen molar-refractivity contribution in [3.05, 3.63) is 205 Å². The highest BCUT2D eigenvalue weighted by Crippen LogP contribution is 2.45. The standard InChI is InChI=1S/C50H32N2O8/c53-45(29-21-33-19-27-43(51-31-33)59-49(55)37-13-3-1-4-14-37)57-41-25-23-35-11-7-9-17-39(35)47(41)48-40-18-10-8-12-36(40)24-26-42(48)58-46(54)30-22-34-20-28-44(52-32-34)60-50(56)38-15-5-2-6-16-38/h1-32H/b29-21+,30-22+. The van der Waals surface area contributed by atoms with Crippen molar-refractivity contribution in [2.45, 2.75) is 0 Å². The Labute approximate surface area is 343 Å². The Morgan fingerprint density at radius 1 is 0.400 bits per heavy atom. The van der Waals surface area contributed by atoms with Crippen LogP contribution < -0.4 is 18.9 Å². The zero-order valence-corrected chi connectivity index (χ0v) is 31.6. The van der Waals surface area contributed by atoms with E-state index in [-0.39, 0.29) is 23.3 Å². The van der Waals surface area contributed by atoms with Gasteiger partial charge >= 0.3 is 23.9 Å². The van der Waals surface area contributed by atoms with E-state index in [2.05, 4.69) is 9.97 Å². The molecule has 0 saturated heterocycles. The van der Waals surface area contributed by atoms with Crippen molar-refractivity contribution in [1.82, 2.24) is 9.97 Å². The Bertz CT molecular complexity index is 2730. The van der Waals surface area contributed by atoms with Gasteiger partial charge in [0.1, 0.15) is 11.5 Å². The zero-order chi connectivity index (χ0) is 41.3. The number of benzene rings is 6. The van der Waals surface area contributed by atoms with Crippen LogP contribution >= 0.6 is 0 Å². The predicted octanol–water partition coefficient (Wildman–Crippen LogP) is 10.1. The van der Waals surface area contributed by atoms with Gasteiger partial charge in [0.05, 0.1) is 11.1 Å². The van der Waals surface area contributed by atoms with Crippen LogP contribution in [0.2, 0.25) is 0 Å². The van der Waals surface area contributed by atoms with Crippen molar-refractivity contribution < 1.29 is 38.1 Å². The molecule has 0 spiro atoms. The Balaban J connectivity index is 1.03. The molecular weight excluding hydrogens is 757 g/mol. The van der Waals surface area contributed by atoms with Crippen molar-refractivity contribution in [2.75, 3.05) is 0 Å². The van der Waals surface area contributed by atoms with Crippen LogP contribution in [0.15, 0.2) is 182 Å². The number of rotatable bonds is 11. The van der Waals surface area contributed by atoms with E-state index in [0.29, 0.717) is 33.4 Å². The number of nitrogens with zero attached hydrogens (tertiary/aromatic N) is 2. The van der Waals surface area contributed by atoms with Gasteiger partial charge in [-0.2, -0.15) is 0 Å². The quantitative estimate of drug-likeness (QED) is 0.0709. The first kappa shape index (κ1) is 38.4. The van der Waals surface area contributed by atoms with Crippen LogP contribution in [0, 0.1) is 0 Å². The lowest BCUT2D eigenvalue weighted by atomic mass is 9.92. The fourth-order valence-corrected chi connectivity index (χ4v) is 6.36. The lowest BCUT2D eigenvalue weighted by molar-refractivity contribution is -0.129. The van der Waals surface area contributed by atoms with E-state index in [4.69, 9.17) is 18.9 Å². The third-order valence-corrected chi connectivity index (χ3v) is 9.21. The second-order valence-corrected chi connectivity index (χ2v) is 13.2. The van der Waals surface area contributed by atoms with E-state index < -0.39 is 23.9 Å². The van der Waals surface area contributed by atoms with E-state index >= 15 is 0 Å². The molecule has 0 unspecified atom stereocenters. The van der Waals surface area contributed by atoms with E-state index in [1.54, 1.807) is 84.9 Å². The van der Waals surface area contributed by atoms with Gasteiger partial charge in [-0.05, 0) is 93.4 Å². The molecule has 60 heavy (non-hydrogen) atoms. The first-order valence-electron chi connectivity index (χ1n) is 18.7. The molecule has 8 rings (SSSR count). The summed E-state index contributed by atoms with van der Waals surface area (Å²) in [6.45, 7) is 0. The number of ether oxygens (including phenoxy) is 4. The maximum atomic E-state index is 13.4. The molecule has 0 atom stereocenters. The summed E-state index contributed by atoms with van der Waals surface area (Å²) in [5.41, 5.74) is 3.03. The monoisotopic (exact) mass is 788 g/mol. The highest BCUT2D eigenvalue weighted by Gasteiger charge is 2.21. The van der Waals surface area contributed by atoms with Crippen molar-refractivity contribution >= 4 is 57.6 Å². The minimum Gasteiger partial charge on any atom is -0.423 e. The van der Waals surface area contributed by atoms with Crippen LogP contribution in [-0.2, 0) is 9.59 Å². The first-order valence-corrected chi connectivity index (χ1v) is 18.7. The molecule has 0 fully saturated rings. The number of esters is 4. The molecule has 2 aromatic heterocycles. The number of carbonyl (C=O) groups is 4. The molecule has 6 aromatic carbocycles. The SMILES string of the molecule is O=C(/C=C/c1ccc(OC(=O)c2ccccc2)nc1)Oc1ccc2ccccc2c1-c1c(OC(=O)/C=C/c2ccc(OC(=O)c3ccccc3)nc2)ccc2ccccc12. The minimum absolute atomic E-state index is 0.112. The highest BCUT2D eigenvalue weighted by molar-refractivity contribution is 6.11. The van der Waals surface area contributed by atoms with Gasteiger partial charge in [-0.3, -0.25) is 0 Å². The second kappa shape index (κ2) is 17.7. The molecule has 2 heterocycles. The number of fused-ring (bicyclic) bond motifs is 2. The fraction of sp³-hybridized carbons (Fsp3) is 0. The molecule has 0 radical (unpaired) electrons. The Morgan fingerprint density at radius 2 is 0.800 bits per heavy atom. The van der Waals surface area contributed by atoms with Gasteiger partial charge in [0.15, 0.2) is 0 Å². The van der Waals surface area contributed by atoms with Crippen molar-refractivity contribution in [1.29, 1.82) is 0 Å². The third-order valence-electron chi connectivity index (χ3n) is 9.21. The lowest BCUT2D eigenvalue weighted by Gasteiger charge is -2.18. The number of aromatic nitrogens is 2. The van der Waals surface area contributed by atoms with Gasteiger partial charge < -0.3 is 18.9 Å². The van der Waals surface area contributed by atoms with Gasteiger partial charge in [-0.15, -0.1) is 0 Å². The van der Waals surface area contributed by atoms with Crippen molar-refractivity contribution in [3.63, 3.8) is 0 Å². The normalized spacial score (nSPS) is 11.1. The summed E-state index contributed by atoms with van der Waals surface area (Å²) in [5.74, 6) is -1.69. The molecule has 0 amide bonds. The second-order valence-electron chi connectivity index (χ2n) is 13.2. The van der Waals surface area contributed by atoms with Gasteiger partial charge in [-0.1, -0.05) is 97.1 Å². The van der Waals surface area contributed by atoms with E-state index in [1.807, 2.05) is 60.7 Å². The number of hydrogen-bond acceptors (Lipinski definition) is 10. The molecule has 0 N–H and O–H groups in total. The summed E-state index contributed by atoms with van der Waals surface area (Å²) < 4.78 is 22.8. The smallest absolute Gasteiger partial charge is 0.344 e. The molecule has 8 aromatic rings. The summed E-state index contributed by atoms with van der Waals surface area (Å²) in [4.78, 5) is 60.1. The van der Waals surface area contributed by atoms with Gasteiger partial charge in [-0.25, -0.2) is 29.1 Å². The van der Waals surface area contributed by atoms with Gasteiger partial charge in [0, 0.05) is 47.8 Å². The zero-order valence-electron chi connectivity index (χ0n) is 31.6. The Hall–Kier alpha value is -8.50. The van der Waals surface area contributed by atoms with E-state index in [1.165, 1.54) is 48.8 Å². The largest absolute Gasteiger partial charge is 0.423 e. The van der Waals surface area contributed by atoms with Gasteiger partial charge in [0.2, 0.25) is 11.8 Å².